The van der Waals surface area contributed by atoms with E-state index in [4.69, 9.17) is 0 Å². The Bertz CT molecular complexity index is 736. The molecule has 0 aliphatic heterocycles. The van der Waals surface area contributed by atoms with Gasteiger partial charge in [0.05, 0.1) is 12.7 Å². The molecule has 6 heteroatoms. The van der Waals surface area contributed by atoms with Gasteiger partial charge in [0.15, 0.2) is 5.65 Å². The highest BCUT2D eigenvalue weighted by Gasteiger charge is 2.07. The van der Waals surface area contributed by atoms with Gasteiger partial charge >= 0.3 is 5.69 Å². The molecule has 3 aromatic heterocycles. The van der Waals surface area contributed by atoms with E-state index in [1.165, 1.54) is 9.08 Å². The van der Waals surface area contributed by atoms with Crippen LogP contribution in [0, 0.1) is 0 Å². The topological polar surface area (TPSA) is 57.1 Å². The molecule has 0 spiro atoms. The van der Waals surface area contributed by atoms with Crippen molar-refractivity contribution in [2.45, 2.75) is 20.0 Å². The number of hydrogen-bond acceptors (Lipinski definition) is 3. The van der Waals surface area contributed by atoms with E-state index >= 15 is 0 Å². The second kappa shape index (κ2) is 4.14. The van der Waals surface area contributed by atoms with Gasteiger partial charge in [0.25, 0.3) is 0 Å². The Labute approximate surface area is 103 Å². The quantitative estimate of drug-likeness (QED) is 0.682. The van der Waals surface area contributed by atoms with E-state index in [1.54, 1.807) is 12.4 Å². The minimum Gasteiger partial charge on any atom is -0.273 e. The summed E-state index contributed by atoms with van der Waals surface area (Å²) in [6.07, 6.45) is 5.41. The Morgan fingerprint density at radius 3 is 2.94 bits per heavy atom. The van der Waals surface area contributed by atoms with Crippen molar-refractivity contribution < 1.29 is 0 Å². The highest BCUT2D eigenvalue weighted by molar-refractivity contribution is 5.35. The minimum absolute atomic E-state index is 0.130. The summed E-state index contributed by atoms with van der Waals surface area (Å²) in [5, 5.41) is 8.45. The maximum absolute atomic E-state index is 12.0. The fourth-order valence-corrected chi connectivity index (χ4v) is 1.91. The molecule has 0 aliphatic rings. The van der Waals surface area contributed by atoms with Crippen molar-refractivity contribution in [3.8, 4) is 0 Å². The molecule has 0 atom stereocenters. The van der Waals surface area contributed by atoms with E-state index in [0.717, 1.165) is 12.1 Å². The molecule has 0 radical (unpaired) electrons. The summed E-state index contributed by atoms with van der Waals surface area (Å²) in [5.41, 5.74) is 1.50. The first-order valence-electron chi connectivity index (χ1n) is 5.83. The zero-order chi connectivity index (χ0) is 12.5. The van der Waals surface area contributed by atoms with Gasteiger partial charge in [-0.1, -0.05) is 6.07 Å². The number of aromatic nitrogens is 5. The van der Waals surface area contributed by atoms with Gasteiger partial charge in [0, 0.05) is 24.5 Å². The SMILES string of the molecule is CCn1cc(Cn2nc3ccccn3c2=O)cn1. The number of fused-ring (bicyclic) bond motifs is 1. The summed E-state index contributed by atoms with van der Waals surface area (Å²) in [6, 6.07) is 5.49. The number of hydrogen-bond donors (Lipinski definition) is 0. The van der Waals surface area contributed by atoms with Crippen molar-refractivity contribution >= 4 is 5.65 Å². The Kier molecular flexibility index (Phi) is 2.47. The average Bonchev–Trinajstić information content (AvgIpc) is 2.97. The van der Waals surface area contributed by atoms with Gasteiger partial charge in [0.1, 0.15) is 0 Å². The molecule has 0 saturated heterocycles. The van der Waals surface area contributed by atoms with Gasteiger partial charge in [-0.3, -0.25) is 9.08 Å². The molecular formula is C12H13N5O. The van der Waals surface area contributed by atoms with Crippen LogP contribution in [0.2, 0.25) is 0 Å². The number of aryl methyl sites for hydroxylation is 1. The highest BCUT2D eigenvalue weighted by atomic mass is 16.2. The maximum Gasteiger partial charge on any atom is 0.350 e. The van der Waals surface area contributed by atoms with E-state index in [9.17, 15) is 4.79 Å². The molecule has 0 unspecified atom stereocenters. The number of nitrogens with zero attached hydrogens (tertiary/aromatic N) is 5. The van der Waals surface area contributed by atoms with Gasteiger partial charge in [-0.05, 0) is 19.1 Å². The lowest BCUT2D eigenvalue weighted by Gasteiger charge is -1.94. The molecule has 0 N–H and O–H groups in total. The lowest BCUT2D eigenvalue weighted by atomic mass is 10.4. The second-order valence-electron chi connectivity index (χ2n) is 4.07. The van der Waals surface area contributed by atoms with Crippen molar-refractivity contribution in [1.82, 2.24) is 24.0 Å². The summed E-state index contributed by atoms with van der Waals surface area (Å²) < 4.78 is 4.81. The fraction of sp³-hybridized carbons (Fsp3) is 0.250. The van der Waals surface area contributed by atoms with Crippen LogP contribution in [-0.2, 0) is 13.1 Å². The lowest BCUT2D eigenvalue weighted by Crippen LogP contribution is -2.21. The van der Waals surface area contributed by atoms with Crippen molar-refractivity contribution in [3.63, 3.8) is 0 Å². The standard InChI is InChI=1S/C12H13N5O/c1-2-15-8-10(7-13-15)9-17-12(18)16-6-4-3-5-11(16)14-17/h3-8H,2,9H2,1H3. The third kappa shape index (κ3) is 1.71. The predicted octanol–water partition coefficient (Wildman–Crippen LogP) is 0.761. The fourth-order valence-electron chi connectivity index (χ4n) is 1.91. The van der Waals surface area contributed by atoms with Gasteiger partial charge in [-0.25, -0.2) is 9.48 Å². The summed E-state index contributed by atoms with van der Waals surface area (Å²) >= 11 is 0. The van der Waals surface area contributed by atoms with E-state index < -0.39 is 0 Å². The smallest absolute Gasteiger partial charge is 0.273 e. The molecule has 3 heterocycles. The first-order chi connectivity index (χ1) is 8.78. The zero-order valence-electron chi connectivity index (χ0n) is 10.0. The van der Waals surface area contributed by atoms with E-state index in [2.05, 4.69) is 10.2 Å². The third-order valence-corrected chi connectivity index (χ3v) is 2.83. The van der Waals surface area contributed by atoms with Gasteiger partial charge in [0.2, 0.25) is 0 Å². The van der Waals surface area contributed by atoms with Gasteiger partial charge in [-0.2, -0.15) is 5.10 Å². The van der Waals surface area contributed by atoms with Gasteiger partial charge < -0.3 is 0 Å². The summed E-state index contributed by atoms with van der Waals surface area (Å²) in [4.78, 5) is 12.0. The third-order valence-electron chi connectivity index (χ3n) is 2.83. The van der Waals surface area contributed by atoms with Crippen LogP contribution in [0.25, 0.3) is 5.65 Å². The Morgan fingerprint density at radius 2 is 2.22 bits per heavy atom. The lowest BCUT2D eigenvalue weighted by molar-refractivity contribution is 0.647. The molecule has 0 bridgehead atoms. The van der Waals surface area contributed by atoms with Crippen molar-refractivity contribution in [2.75, 3.05) is 0 Å². The molecule has 3 aromatic rings. The van der Waals surface area contributed by atoms with E-state index in [-0.39, 0.29) is 5.69 Å². The van der Waals surface area contributed by atoms with Crippen LogP contribution in [0.3, 0.4) is 0 Å². The van der Waals surface area contributed by atoms with Crippen molar-refractivity contribution in [2.24, 2.45) is 0 Å². The van der Waals surface area contributed by atoms with Gasteiger partial charge in [-0.15, -0.1) is 5.10 Å². The Balaban J connectivity index is 1.99. The van der Waals surface area contributed by atoms with Crippen LogP contribution < -0.4 is 5.69 Å². The average molecular weight is 243 g/mol. The Hall–Kier alpha value is -2.37. The number of rotatable bonds is 3. The molecule has 0 amide bonds. The van der Waals surface area contributed by atoms with Crippen LogP contribution in [0.4, 0.5) is 0 Å². The molecule has 18 heavy (non-hydrogen) atoms. The summed E-state index contributed by atoms with van der Waals surface area (Å²) in [6.45, 7) is 3.29. The second-order valence-corrected chi connectivity index (χ2v) is 4.07. The van der Waals surface area contributed by atoms with E-state index in [0.29, 0.717) is 12.2 Å². The largest absolute Gasteiger partial charge is 0.350 e. The van der Waals surface area contributed by atoms with E-state index in [1.807, 2.05) is 36.0 Å². The molecule has 0 aliphatic carbocycles. The summed E-state index contributed by atoms with van der Waals surface area (Å²) in [7, 11) is 0. The molecule has 92 valence electrons. The van der Waals surface area contributed by atoms with Crippen LogP contribution in [-0.4, -0.2) is 24.0 Å². The van der Waals surface area contributed by atoms with Crippen LogP contribution in [0.5, 0.6) is 0 Å². The van der Waals surface area contributed by atoms with Crippen molar-refractivity contribution in [1.29, 1.82) is 0 Å². The predicted molar refractivity (Wildman–Crippen MR) is 66.5 cm³/mol. The zero-order valence-corrected chi connectivity index (χ0v) is 10.0. The molecule has 0 fully saturated rings. The normalized spacial score (nSPS) is 11.2. The number of pyridine rings is 1. The molecule has 3 rings (SSSR count). The maximum atomic E-state index is 12.0. The molecule has 0 saturated carbocycles. The first kappa shape index (κ1) is 10.8. The van der Waals surface area contributed by atoms with Crippen LogP contribution in [0.15, 0.2) is 41.6 Å². The molecule has 0 aromatic carbocycles. The highest BCUT2D eigenvalue weighted by Crippen LogP contribution is 2.01. The monoisotopic (exact) mass is 243 g/mol. The van der Waals surface area contributed by atoms with Crippen LogP contribution >= 0.6 is 0 Å². The first-order valence-corrected chi connectivity index (χ1v) is 5.83. The molecular weight excluding hydrogens is 230 g/mol. The van der Waals surface area contributed by atoms with Crippen LogP contribution in [0.1, 0.15) is 12.5 Å². The molecule has 6 nitrogen and oxygen atoms in total. The Morgan fingerprint density at radius 1 is 1.33 bits per heavy atom. The minimum atomic E-state index is -0.130. The van der Waals surface area contributed by atoms with Crippen molar-refractivity contribution in [3.05, 3.63) is 52.8 Å². The summed E-state index contributed by atoms with van der Waals surface area (Å²) in [5.74, 6) is 0.